The highest BCUT2D eigenvalue weighted by Gasteiger charge is 2.20. The molecule has 4 heterocycles. The number of hydrogen-bond acceptors (Lipinski definition) is 7. The molecule has 2 fully saturated rings. The van der Waals surface area contributed by atoms with Gasteiger partial charge in [-0.15, -0.1) is 0 Å². The van der Waals surface area contributed by atoms with Crippen LogP contribution in [0.15, 0.2) is 42.6 Å². The highest BCUT2D eigenvalue weighted by Crippen LogP contribution is 2.27. The van der Waals surface area contributed by atoms with E-state index in [0.717, 1.165) is 55.4 Å². The molecule has 8 heteroatoms. The van der Waals surface area contributed by atoms with E-state index in [1.807, 2.05) is 28.9 Å². The second-order valence-corrected chi connectivity index (χ2v) is 7.91. The number of aryl methyl sites for hydroxylation is 1. The second-order valence-electron chi connectivity index (χ2n) is 7.91. The Morgan fingerprint density at radius 2 is 2.00 bits per heavy atom. The Hall–Kier alpha value is -2.97. The summed E-state index contributed by atoms with van der Waals surface area (Å²) in [6.07, 6.45) is 3.98. The van der Waals surface area contributed by atoms with Crippen LogP contribution in [-0.4, -0.2) is 65.4 Å². The standard InChI is InChI=1S/C23H27N5O3/c1-17-4-2-5-18(14-17)28-21(7-8-24-28)20-15-22(27-9-12-29-13-10-27)26-23(25-20)31-16-19-6-3-11-30-19/h2,4-5,7-8,14-15,19H,3,6,9-13,16H2,1H3. The van der Waals surface area contributed by atoms with Gasteiger partial charge in [-0.25, -0.2) is 4.68 Å². The third-order valence-electron chi connectivity index (χ3n) is 5.60. The summed E-state index contributed by atoms with van der Waals surface area (Å²) in [4.78, 5) is 11.6. The Kier molecular flexibility index (Phi) is 5.82. The van der Waals surface area contributed by atoms with Crippen LogP contribution >= 0.6 is 0 Å². The molecule has 2 aromatic heterocycles. The summed E-state index contributed by atoms with van der Waals surface area (Å²) >= 11 is 0. The lowest BCUT2D eigenvalue weighted by Crippen LogP contribution is -2.36. The van der Waals surface area contributed by atoms with E-state index in [2.05, 4.69) is 29.1 Å². The van der Waals surface area contributed by atoms with Crippen molar-refractivity contribution in [3.05, 3.63) is 48.2 Å². The fourth-order valence-electron chi connectivity index (χ4n) is 3.97. The SMILES string of the molecule is Cc1cccc(-n2nccc2-c2cc(N3CCOCC3)nc(OCC3CCCO3)n2)c1. The van der Waals surface area contributed by atoms with Crippen LogP contribution in [0.1, 0.15) is 18.4 Å². The molecule has 2 saturated heterocycles. The average molecular weight is 422 g/mol. The molecule has 2 aliphatic heterocycles. The Balaban J connectivity index is 1.50. The summed E-state index contributed by atoms with van der Waals surface area (Å²) in [6, 6.07) is 12.6. The molecular weight excluding hydrogens is 394 g/mol. The Labute approximate surface area is 181 Å². The number of anilines is 1. The van der Waals surface area contributed by atoms with Crippen LogP contribution in [-0.2, 0) is 9.47 Å². The molecule has 0 amide bonds. The summed E-state index contributed by atoms with van der Waals surface area (Å²) in [6.45, 7) is 6.29. The van der Waals surface area contributed by atoms with E-state index in [4.69, 9.17) is 24.2 Å². The first kappa shape index (κ1) is 20.0. The fourth-order valence-corrected chi connectivity index (χ4v) is 3.97. The van der Waals surface area contributed by atoms with Gasteiger partial charge >= 0.3 is 6.01 Å². The van der Waals surface area contributed by atoms with E-state index in [0.29, 0.717) is 25.8 Å². The maximum absolute atomic E-state index is 5.99. The summed E-state index contributed by atoms with van der Waals surface area (Å²) < 4.78 is 19.1. The van der Waals surface area contributed by atoms with Crippen LogP contribution in [0.2, 0.25) is 0 Å². The van der Waals surface area contributed by atoms with E-state index < -0.39 is 0 Å². The molecule has 31 heavy (non-hydrogen) atoms. The van der Waals surface area contributed by atoms with Crippen LogP contribution in [0, 0.1) is 6.92 Å². The van der Waals surface area contributed by atoms with Crippen molar-refractivity contribution in [2.24, 2.45) is 0 Å². The topological polar surface area (TPSA) is 74.5 Å². The molecule has 0 saturated carbocycles. The molecular formula is C23H27N5O3. The maximum atomic E-state index is 5.99. The number of hydrogen-bond donors (Lipinski definition) is 0. The zero-order chi connectivity index (χ0) is 21.0. The molecule has 0 spiro atoms. The first-order valence-corrected chi connectivity index (χ1v) is 10.8. The fraction of sp³-hybridized carbons (Fsp3) is 0.435. The van der Waals surface area contributed by atoms with Gasteiger partial charge in [0.2, 0.25) is 0 Å². The van der Waals surface area contributed by atoms with Crippen LogP contribution in [0.3, 0.4) is 0 Å². The van der Waals surface area contributed by atoms with E-state index in [1.54, 1.807) is 6.20 Å². The van der Waals surface area contributed by atoms with Crippen molar-refractivity contribution in [2.45, 2.75) is 25.9 Å². The maximum Gasteiger partial charge on any atom is 0.319 e. The summed E-state index contributed by atoms with van der Waals surface area (Å²) in [5.74, 6) is 0.840. The van der Waals surface area contributed by atoms with Gasteiger partial charge in [0.25, 0.3) is 0 Å². The largest absolute Gasteiger partial charge is 0.461 e. The molecule has 1 aromatic carbocycles. The molecule has 8 nitrogen and oxygen atoms in total. The van der Waals surface area contributed by atoms with E-state index >= 15 is 0 Å². The smallest absolute Gasteiger partial charge is 0.319 e. The van der Waals surface area contributed by atoms with Gasteiger partial charge in [0.1, 0.15) is 12.4 Å². The van der Waals surface area contributed by atoms with Gasteiger partial charge in [-0.05, 0) is 43.5 Å². The van der Waals surface area contributed by atoms with Gasteiger partial charge in [0, 0.05) is 25.8 Å². The summed E-state index contributed by atoms with van der Waals surface area (Å²) in [7, 11) is 0. The quantitative estimate of drug-likeness (QED) is 0.606. The number of nitrogens with zero attached hydrogens (tertiary/aromatic N) is 5. The lowest BCUT2D eigenvalue weighted by molar-refractivity contribution is 0.0645. The average Bonchev–Trinajstić information content (AvgIpc) is 3.50. The summed E-state index contributed by atoms with van der Waals surface area (Å²) in [5, 5.41) is 4.55. The lowest BCUT2D eigenvalue weighted by atomic mass is 10.2. The number of aromatic nitrogens is 4. The Morgan fingerprint density at radius 1 is 1.10 bits per heavy atom. The molecule has 0 radical (unpaired) electrons. The minimum Gasteiger partial charge on any atom is -0.461 e. The van der Waals surface area contributed by atoms with Crippen molar-refractivity contribution in [3.8, 4) is 23.1 Å². The van der Waals surface area contributed by atoms with Crippen LogP contribution in [0.5, 0.6) is 6.01 Å². The molecule has 2 aliphatic rings. The summed E-state index contributed by atoms with van der Waals surface area (Å²) in [5.41, 5.74) is 3.84. The zero-order valence-corrected chi connectivity index (χ0v) is 17.7. The molecule has 0 aliphatic carbocycles. The molecule has 0 N–H and O–H groups in total. The highest BCUT2D eigenvalue weighted by atomic mass is 16.5. The van der Waals surface area contributed by atoms with Gasteiger partial charge in [0.15, 0.2) is 0 Å². The second kappa shape index (κ2) is 9.03. The predicted molar refractivity (Wildman–Crippen MR) is 117 cm³/mol. The number of rotatable bonds is 6. The Bertz CT molecular complexity index is 1030. The minimum atomic E-state index is 0.108. The van der Waals surface area contributed by atoms with Crippen LogP contribution in [0.25, 0.3) is 17.1 Å². The molecule has 3 aromatic rings. The van der Waals surface area contributed by atoms with E-state index in [9.17, 15) is 0 Å². The molecule has 0 bridgehead atoms. The number of morpholine rings is 1. The van der Waals surface area contributed by atoms with Gasteiger partial charge in [-0.1, -0.05) is 12.1 Å². The molecule has 1 unspecified atom stereocenters. The molecule has 1 atom stereocenters. The highest BCUT2D eigenvalue weighted by molar-refractivity contribution is 5.62. The normalized spacial score (nSPS) is 19.0. The first-order chi connectivity index (χ1) is 15.3. The molecule has 5 rings (SSSR count). The minimum absolute atomic E-state index is 0.108. The van der Waals surface area contributed by atoms with Crippen molar-refractivity contribution in [2.75, 3.05) is 44.4 Å². The lowest BCUT2D eigenvalue weighted by Gasteiger charge is -2.28. The Morgan fingerprint density at radius 3 is 2.81 bits per heavy atom. The van der Waals surface area contributed by atoms with Crippen molar-refractivity contribution in [3.63, 3.8) is 0 Å². The third kappa shape index (κ3) is 4.55. The van der Waals surface area contributed by atoms with Gasteiger partial charge in [-0.2, -0.15) is 15.1 Å². The number of benzene rings is 1. The predicted octanol–water partition coefficient (Wildman–Crippen LogP) is 3.03. The first-order valence-electron chi connectivity index (χ1n) is 10.8. The monoisotopic (exact) mass is 421 g/mol. The van der Waals surface area contributed by atoms with Crippen LogP contribution in [0.4, 0.5) is 5.82 Å². The molecule has 162 valence electrons. The van der Waals surface area contributed by atoms with Gasteiger partial charge in [0.05, 0.1) is 42.6 Å². The van der Waals surface area contributed by atoms with E-state index in [-0.39, 0.29) is 6.10 Å². The third-order valence-corrected chi connectivity index (χ3v) is 5.60. The van der Waals surface area contributed by atoms with Crippen molar-refractivity contribution in [1.29, 1.82) is 0 Å². The van der Waals surface area contributed by atoms with Gasteiger partial charge < -0.3 is 19.1 Å². The van der Waals surface area contributed by atoms with Crippen molar-refractivity contribution >= 4 is 5.82 Å². The van der Waals surface area contributed by atoms with Crippen molar-refractivity contribution in [1.82, 2.24) is 19.7 Å². The van der Waals surface area contributed by atoms with Gasteiger partial charge in [-0.3, -0.25) is 0 Å². The van der Waals surface area contributed by atoms with Crippen molar-refractivity contribution < 1.29 is 14.2 Å². The van der Waals surface area contributed by atoms with Crippen LogP contribution < -0.4 is 9.64 Å². The van der Waals surface area contributed by atoms with E-state index in [1.165, 1.54) is 5.56 Å². The number of ether oxygens (including phenoxy) is 3. The zero-order valence-electron chi connectivity index (χ0n) is 17.7.